The van der Waals surface area contributed by atoms with E-state index in [-0.39, 0.29) is 28.2 Å². The number of sulfonamides is 1. The zero-order valence-electron chi connectivity index (χ0n) is 17.2. The van der Waals surface area contributed by atoms with Gasteiger partial charge < -0.3 is 9.64 Å². The van der Waals surface area contributed by atoms with Crippen LogP contribution in [0.1, 0.15) is 19.8 Å². The van der Waals surface area contributed by atoms with Gasteiger partial charge in [-0.05, 0) is 31.9 Å². The van der Waals surface area contributed by atoms with Gasteiger partial charge in [-0.2, -0.15) is 4.31 Å². The molecule has 1 aromatic rings. The molecule has 3 saturated heterocycles. The van der Waals surface area contributed by atoms with E-state index < -0.39 is 10.0 Å². The quantitative estimate of drug-likeness (QED) is 0.670. The fourth-order valence-electron chi connectivity index (χ4n) is 5.58. The van der Waals surface area contributed by atoms with Crippen LogP contribution in [0.4, 0.5) is 0 Å². The molecule has 0 unspecified atom stereocenters. The van der Waals surface area contributed by atoms with Crippen molar-refractivity contribution in [2.75, 3.05) is 53.0 Å². The molecule has 2 atom stereocenters. The van der Waals surface area contributed by atoms with Crippen LogP contribution in [0.15, 0.2) is 29.4 Å². The van der Waals surface area contributed by atoms with Gasteiger partial charge in [0.05, 0.1) is 18.1 Å². The summed E-state index contributed by atoms with van der Waals surface area (Å²) in [6, 6.07) is 3.23. The van der Waals surface area contributed by atoms with Gasteiger partial charge in [-0.3, -0.25) is 14.7 Å². The molecule has 0 saturated carbocycles. The molecule has 4 rings (SSSR count). The van der Waals surface area contributed by atoms with Gasteiger partial charge in [0, 0.05) is 64.7 Å². The Morgan fingerprint density at radius 3 is 2.66 bits per heavy atom. The summed E-state index contributed by atoms with van der Waals surface area (Å²) < 4.78 is 32.7. The van der Waals surface area contributed by atoms with Gasteiger partial charge in [0.25, 0.3) is 0 Å². The summed E-state index contributed by atoms with van der Waals surface area (Å²) in [6.07, 6.45) is 4.34. The normalized spacial score (nSPS) is 27.7. The van der Waals surface area contributed by atoms with E-state index in [0.717, 1.165) is 19.6 Å². The first-order valence-electron chi connectivity index (χ1n) is 10.4. The average molecular weight is 423 g/mol. The lowest BCUT2D eigenvalue weighted by atomic mass is 9.75. The van der Waals surface area contributed by atoms with Crippen molar-refractivity contribution in [3.8, 4) is 0 Å². The number of nitrogens with zero attached hydrogens (tertiary/aromatic N) is 4. The van der Waals surface area contributed by atoms with E-state index in [1.165, 1.54) is 6.20 Å². The van der Waals surface area contributed by atoms with Crippen LogP contribution in [0.5, 0.6) is 0 Å². The third-order valence-corrected chi connectivity index (χ3v) is 8.88. The topological polar surface area (TPSA) is 83.0 Å². The fourth-order valence-corrected chi connectivity index (χ4v) is 6.98. The number of methoxy groups -OCH3 is 1. The zero-order valence-corrected chi connectivity index (χ0v) is 18.0. The largest absolute Gasteiger partial charge is 0.383 e. The SMILES string of the molecule is CCN1C(=O)[C@@H]2CN(CCOC)C[C@@H]2C12CCN(S(=O)(=O)c1cccnc1)CC2. The Morgan fingerprint density at radius 2 is 2.03 bits per heavy atom. The maximum atomic E-state index is 13.1. The minimum Gasteiger partial charge on any atom is -0.383 e. The molecule has 0 bridgehead atoms. The molecule has 0 aromatic carbocycles. The second kappa shape index (κ2) is 7.94. The van der Waals surface area contributed by atoms with Crippen molar-refractivity contribution in [3.05, 3.63) is 24.5 Å². The first-order valence-corrected chi connectivity index (χ1v) is 11.8. The van der Waals surface area contributed by atoms with Crippen molar-refractivity contribution in [2.24, 2.45) is 11.8 Å². The Balaban J connectivity index is 1.53. The first kappa shape index (κ1) is 20.7. The van der Waals surface area contributed by atoms with Crippen LogP contribution in [-0.2, 0) is 19.6 Å². The minimum atomic E-state index is -3.55. The fraction of sp³-hybridized carbons (Fsp3) is 0.700. The zero-order chi connectivity index (χ0) is 20.6. The highest BCUT2D eigenvalue weighted by atomic mass is 32.2. The molecule has 1 aromatic heterocycles. The number of hydrogen-bond acceptors (Lipinski definition) is 6. The molecule has 9 heteroatoms. The number of rotatable bonds is 6. The number of ether oxygens (including phenoxy) is 1. The van der Waals surface area contributed by atoms with Gasteiger partial charge in [0.15, 0.2) is 0 Å². The highest BCUT2D eigenvalue weighted by Gasteiger charge is 2.61. The lowest BCUT2D eigenvalue weighted by Gasteiger charge is -2.47. The van der Waals surface area contributed by atoms with E-state index in [1.807, 2.05) is 11.8 Å². The molecule has 8 nitrogen and oxygen atoms in total. The molecule has 1 amide bonds. The van der Waals surface area contributed by atoms with E-state index in [1.54, 1.807) is 29.7 Å². The summed E-state index contributed by atoms with van der Waals surface area (Å²) in [5.41, 5.74) is -0.237. The van der Waals surface area contributed by atoms with E-state index in [9.17, 15) is 13.2 Å². The molecule has 3 aliphatic rings. The van der Waals surface area contributed by atoms with Crippen molar-refractivity contribution in [3.63, 3.8) is 0 Å². The number of amides is 1. The van der Waals surface area contributed by atoms with Gasteiger partial charge in [-0.1, -0.05) is 0 Å². The number of likely N-dealkylation sites (tertiary alicyclic amines) is 2. The van der Waals surface area contributed by atoms with Gasteiger partial charge >= 0.3 is 0 Å². The Kier molecular flexibility index (Phi) is 5.67. The Morgan fingerprint density at radius 1 is 1.28 bits per heavy atom. The number of aromatic nitrogens is 1. The molecule has 0 radical (unpaired) electrons. The van der Waals surface area contributed by atoms with Crippen LogP contribution < -0.4 is 0 Å². The lowest BCUT2D eigenvalue weighted by Crippen LogP contribution is -2.57. The molecule has 3 fully saturated rings. The van der Waals surface area contributed by atoms with E-state index in [2.05, 4.69) is 9.88 Å². The molecular weight excluding hydrogens is 392 g/mol. The highest BCUT2D eigenvalue weighted by Crippen LogP contribution is 2.49. The monoisotopic (exact) mass is 422 g/mol. The first-order chi connectivity index (χ1) is 13.9. The molecule has 0 N–H and O–H groups in total. The summed E-state index contributed by atoms with van der Waals surface area (Å²) in [5.74, 6) is 0.518. The summed E-state index contributed by atoms with van der Waals surface area (Å²) in [7, 11) is -1.86. The van der Waals surface area contributed by atoms with E-state index >= 15 is 0 Å². The number of piperidine rings is 1. The number of hydrogen-bond donors (Lipinski definition) is 0. The predicted octanol–water partition coefficient (Wildman–Crippen LogP) is 0.661. The number of pyridine rings is 1. The van der Waals surface area contributed by atoms with E-state index in [4.69, 9.17) is 4.74 Å². The standard InChI is InChI=1S/C20H30N4O4S/c1-3-24-19(25)17-14-22(11-12-28-2)15-18(17)20(24)6-9-23(10-7-20)29(26,27)16-5-4-8-21-13-16/h4-5,8,13,17-18H,3,6-7,9-12,14-15H2,1-2H3/t17-,18+/m1/s1. The number of carbonyl (C=O) groups excluding carboxylic acids is 1. The van der Waals surface area contributed by atoms with Crippen molar-refractivity contribution < 1.29 is 17.9 Å². The van der Waals surface area contributed by atoms with Crippen LogP contribution in [0, 0.1) is 11.8 Å². The Hall–Kier alpha value is -1.55. The third kappa shape index (κ3) is 3.37. The molecular formula is C20H30N4O4S. The van der Waals surface area contributed by atoms with Gasteiger partial charge in [-0.25, -0.2) is 8.42 Å². The van der Waals surface area contributed by atoms with Crippen LogP contribution in [-0.4, -0.2) is 91.9 Å². The molecule has 1 spiro atoms. The molecule has 29 heavy (non-hydrogen) atoms. The predicted molar refractivity (Wildman–Crippen MR) is 108 cm³/mol. The highest BCUT2D eigenvalue weighted by molar-refractivity contribution is 7.89. The van der Waals surface area contributed by atoms with Crippen LogP contribution in [0.2, 0.25) is 0 Å². The van der Waals surface area contributed by atoms with Crippen molar-refractivity contribution in [2.45, 2.75) is 30.2 Å². The third-order valence-electron chi connectivity index (χ3n) is 6.99. The van der Waals surface area contributed by atoms with Gasteiger partial charge in [0.1, 0.15) is 4.90 Å². The van der Waals surface area contributed by atoms with Crippen LogP contribution >= 0.6 is 0 Å². The molecule has 0 aliphatic carbocycles. The van der Waals surface area contributed by atoms with Crippen LogP contribution in [0.25, 0.3) is 0 Å². The minimum absolute atomic E-state index is 0.0216. The molecule has 3 aliphatic heterocycles. The maximum absolute atomic E-state index is 13.1. The number of carbonyl (C=O) groups is 1. The van der Waals surface area contributed by atoms with Crippen molar-refractivity contribution in [1.29, 1.82) is 0 Å². The van der Waals surface area contributed by atoms with Gasteiger partial charge in [-0.15, -0.1) is 0 Å². The lowest BCUT2D eigenvalue weighted by molar-refractivity contribution is -0.135. The second-order valence-corrected chi connectivity index (χ2v) is 10.2. The maximum Gasteiger partial charge on any atom is 0.244 e. The summed E-state index contributed by atoms with van der Waals surface area (Å²) in [5, 5.41) is 0. The molecule has 160 valence electrons. The van der Waals surface area contributed by atoms with Crippen LogP contribution in [0.3, 0.4) is 0 Å². The van der Waals surface area contributed by atoms with Crippen molar-refractivity contribution >= 4 is 15.9 Å². The average Bonchev–Trinajstić information content (AvgIpc) is 3.25. The van der Waals surface area contributed by atoms with Crippen molar-refractivity contribution in [1.82, 2.24) is 19.1 Å². The number of fused-ring (bicyclic) bond motifs is 2. The van der Waals surface area contributed by atoms with Gasteiger partial charge in [0.2, 0.25) is 15.9 Å². The van der Waals surface area contributed by atoms with E-state index in [0.29, 0.717) is 39.1 Å². The summed E-state index contributed by atoms with van der Waals surface area (Å²) in [6.45, 7) is 6.73. The molecule has 4 heterocycles. The second-order valence-electron chi connectivity index (χ2n) is 8.24. The smallest absolute Gasteiger partial charge is 0.244 e. The Labute approximate surface area is 172 Å². The Bertz CT molecular complexity index is 839. The summed E-state index contributed by atoms with van der Waals surface area (Å²) in [4.78, 5) is 21.7. The summed E-state index contributed by atoms with van der Waals surface area (Å²) >= 11 is 0.